The van der Waals surface area contributed by atoms with Crippen molar-refractivity contribution in [2.75, 3.05) is 10.5 Å². The van der Waals surface area contributed by atoms with Gasteiger partial charge in [-0.25, -0.2) is 17.2 Å². The zero-order valence-corrected chi connectivity index (χ0v) is 14.2. The number of halogens is 4. The molecule has 0 amide bonds. The SMILES string of the molecule is Nc1ccc(S(=O)(=O)Nc2cc(Br)c(F)cc2F)c(Br)c1. The van der Waals surface area contributed by atoms with E-state index in [4.69, 9.17) is 5.73 Å². The van der Waals surface area contributed by atoms with Crippen molar-refractivity contribution in [3.05, 3.63) is 50.9 Å². The molecule has 0 aliphatic rings. The maximum Gasteiger partial charge on any atom is 0.263 e. The van der Waals surface area contributed by atoms with Gasteiger partial charge in [0.15, 0.2) is 0 Å². The zero-order chi connectivity index (χ0) is 15.8. The van der Waals surface area contributed by atoms with Crippen molar-refractivity contribution in [3.63, 3.8) is 0 Å². The van der Waals surface area contributed by atoms with Crippen LogP contribution in [0, 0.1) is 11.6 Å². The molecule has 2 aromatic rings. The van der Waals surface area contributed by atoms with Gasteiger partial charge >= 0.3 is 0 Å². The minimum atomic E-state index is -4.05. The van der Waals surface area contributed by atoms with Crippen molar-refractivity contribution in [1.82, 2.24) is 0 Å². The second-order valence-corrected chi connectivity index (χ2v) is 7.40. The van der Waals surface area contributed by atoms with Crippen LogP contribution in [0.1, 0.15) is 0 Å². The molecular weight excluding hydrogens is 434 g/mol. The zero-order valence-electron chi connectivity index (χ0n) is 10.2. The van der Waals surface area contributed by atoms with Gasteiger partial charge in [-0.3, -0.25) is 4.72 Å². The molecule has 0 aromatic heterocycles. The molecule has 0 aliphatic carbocycles. The number of nitrogens with two attached hydrogens (primary N) is 1. The molecule has 0 aliphatic heterocycles. The first kappa shape index (κ1) is 16.2. The van der Waals surface area contributed by atoms with Crippen LogP contribution in [-0.2, 0) is 10.0 Å². The third kappa shape index (κ3) is 3.53. The molecule has 0 saturated carbocycles. The largest absolute Gasteiger partial charge is 0.399 e. The maximum absolute atomic E-state index is 13.6. The summed E-state index contributed by atoms with van der Waals surface area (Å²) in [6.45, 7) is 0. The van der Waals surface area contributed by atoms with Crippen molar-refractivity contribution < 1.29 is 17.2 Å². The van der Waals surface area contributed by atoms with Crippen molar-refractivity contribution in [2.45, 2.75) is 4.90 Å². The fraction of sp³-hybridized carbons (Fsp3) is 0. The number of sulfonamides is 1. The van der Waals surface area contributed by atoms with Gasteiger partial charge in [0.1, 0.15) is 16.5 Å². The van der Waals surface area contributed by atoms with Crippen LogP contribution >= 0.6 is 31.9 Å². The average molecular weight is 442 g/mol. The Bertz CT molecular complexity index is 813. The smallest absolute Gasteiger partial charge is 0.263 e. The quantitative estimate of drug-likeness (QED) is 0.560. The van der Waals surface area contributed by atoms with E-state index in [0.717, 1.165) is 6.07 Å². The van der Waals surface area contributed by atoms with Gasteiger partial charge in [0.05, 0.1) is 10.2 Å². The lowest BCUT2D eigenvalue weighted by Crippen LogP contribution is -2.15. The van der Waals surface area contributed by atoms with E-state index < -0.39 is 21.7 Å². The lowest BCUT2D eigenvalue weighted by molar-refractivity contribution is 0.579. The molecule has 0 bridgehead atoms. The predicted molar refractivity (Wildman–Crippen MR) is 83.4 cm³/mol. The van der Waals surface area contributed by atoms with Gasteiger partial charge in [-0.1, -0.05) is 0 Å². The van der Waals surface area contributed by atoms with Crippen LogP contribution in [-0.4, -0.2) is 8.42 Å². The molecule has 2 rings (SSSR count). The molecule has 112 valence electrons. The summed E-state index contributed by atoms with van der Waals surface area (Å²) in [4.78, 5) is -0.114. The van der Waals surface area contributed by atoms with Gasteiger partial charge in [0, 0.05) is 16.2 Å². The van der Waals surface area contributed by atoms with Gasteiger partial charge in [0.25, 0.3) is 10.0 Å². The lowest BCUT2D eigenvalue weighted by atomic mass is 10.3. The standard InChI is InChI=1S/C12H8Br2F2N2O2S/c13-7-4-11(10(16)5-9(7)15)18-21(19,20)12-2-1-6(17)3-8(12)14/h1-5,18H,17H2. The van der Waals surface area contributed by atoms with E-state index >= 15 is 0 Å². The third-order valence-electron chi connectivity index (χ3n) is 2.50. The van der Waals surface area contributed by atoms with Gasteiger partial charge < -0.3 is 5.73 Å². The summed E-state index contributed by atoms with van der Waals surface area (Å²) in [6.07, 6.45) is 0. The second kappa shape index (κ2) is 5.90. The van der Waals surface area contributed by atoms with Crippen LogP contribution in [0.25, 0.3) is 0 Å². The summed E-state index contributed by atoms with van der Waals surface area (Å²) in [6, 6.07) is 5.67. The van der Waals surface area contributed by atoms with Crippen molar-refractivity contribution in [1.29, 1.82) is 0 Å². The first-order chi connectivity index (χ1) is 9.70. The molecule has 0 heterocycles. The van der Waals surface area contributed by atoms with E-state index in [-0.39, 0.29) is 19.5 Å². The van der Waals surface area contributed by atoms with E-state index in [0.29, 0.717) is 11.8 Å². The lowest BCUT2D eigenvalue weighted by Gasteiger charge is -2.11. The molecule has 4 nitrogen and oxygen atoms in total. The molecule has 21 heavy (non-hydrogen) atoms. The van der Waals surface area contributed by atoms with Crippen LogP contribution in [0.15, 0.2) is 44.2 Å². The van der Waals surface area contributed by atoms with E-state index in [1.54, 1.807) is 0 Å². The number of anilines is 2. The Morgan fingerprint density at radius 1 is 1.00 bits per heavy atom. The van der Waals surface area contributed by atoms with Gasteiger partial charge in [-0.2, -0.15) is 0 Å². The molecule has 0 fully saturated rings. The monoisotopic (exact) mass is 440 g/mol. The van der Waals surface area contributed by atoms with Crippen LogP contribution in [0.4, 0.5) is 20.2 Å². The van der Waals surface area contributed by atoms with Gasteiger partial charge in [-0.05, 0) is 56.1 Å². The highest BCUT2D eigenvalue weighted by molar-refractivity contribution is 9.10. The highest BCUT2D eigenvalue weighted by atomic mass is 79.9. The topological polar surface area (TPSA) is 72.2 Å². The molecule has 0 radical (unpaired) electrons. The fourth-order valence-corrected chi connectivity index (χ4v) is 4.03. The predicted octanol–water partition coefficient (Wildman–Crippen LogP) is 3.87. The van der Waals surface area contributed by atoms with Crippen LogP contribution in [0.2, 0.25) is 0 Å². The number of benzene rings is 2. The molecule has 0 saturated heterocycles. The number of hydrogen-bond acceptors (Lipinski definition) is 3. The summed E-state index contributed by atoms with van der Waals surface area (Å²) in [7, 11) is -4.05. The fourth-order valence-electron chi connectivity index (χ4n) is 1.54. The Kier molecular flexibility index (Phi) is 4.54. The van der Waals surface area contributed by atoms with Crippen molar-refractivity contribution in [3.8, 4) is 0 Å². The molecule has 0 atom stereocenters. The average Bonchev–Trinajstić information content (AvgIpc) is 2.35. The van der Waals surface area contributed by atoms with Crippen molar-refractivity contribution >= 4 is 53.3 Å². The summed E-state index contributed by atoms with van der Waals surface area (Å²) in [5, 5.41) is 0. The number of nitrogen functional groups attached to an aromatic ring is 1. The van der Waals surface area contributed by atoms with E-state index in [9.17, 15) is 17.2 Å². The molecular formula is C12H8Br2F2N2O2S. The minimum Gasteiger partial charge on any atom is -0.399 e. The Morgan fingerprint density at radius 2 is 1.67 bits per heavy atom. The summed E-state index contributed by atoms with van der Waals surface area (Å²) >= 11 is 5.94. The number of hydrogen-bond donors (Lipinski definition) is 2. The molecule has 9 heteroatoms. The molecule has 0 unspecified atom stereocenters. The highest BCUT2D eigenvalue weighted by Crippen LogP contribution is 2.29. The minimum absolute atomic E-state index is 0.0574. The highest BCUT2D eigenvalue weighted by Gasteiger charge is 2.20. The Labute approximate surface area is 136 Å². The number of rotatable bonds is 3. The van der Waals surface area contributed by atoms with E-state index in [1.165, 1.54) is 18.2 Å². The normalized spacial score (nSPS) is 11.4. The molecule has 0 spiro atoms. The van der Waals surface area contributed by atoms with Crippen LogP contribution in [0.3, 0.4) is 0 Å². The van der Waals surface area contributed by atoms with E-state index in [1.807, 2.05) is 0 Å². The van der Waals surface area contributed by atoms with E-state index in [2.05, 4.69) is 36.6 Å². The molecule has 3 N–H and O–H groups in total. The molecule has 2 aromatic carbocycles. The summed E-state index contributed by atoms with van der Waals surface area (Å²) in [5.74, 6) is -1.85. The maximum atomic E-state index is 13.6. The van der Waals surface area contributed by atoms with Crippen molar-refractivity contribution in [2.24, 2.45) is 0 Å². The Morgan fingerprint density at radius 3 is 2.29 bits per heavy atom. The van der Waals surface area contributed by atoms with Crippen LogP contribution < -0.4 is 10.5 Å². The first-order valence-corrected chi connectivity index (χ1v) is 8.50. The van der Waals surface area contributed by atoms with Gasteiger partial charge in [0.2, 0.25) is 0 Å². The number of nitrogens with one attached hydrogen (secondary N) is 1. The third-order valence-corrected chi connectivity index (χ3v) is 5.45. The second-order valence-electron chi connectivity index (χ2n) is 4.04. The first-order valence-electron chi connectivity index (χ1n) is 5.43. The summed E-state index contributed by atoms with van der Waals surface area (Å²) in [5.41, 5.74) is 5.53. The van der Waals surface area contributed by atoms with Gasteiger partial charge in [-0.15, -0.1) is 0 Å². The Balaban J connectivity index is 2.45. The summed E-state index contributed by atoms with van der Waals surface area (Å²) < 4.78 is 53.4. The van der Waals surface area contributed by atoms with Crippen LogP contribution in [0.5, 0.6) is 0 Å². The Hall–Kier alpha value is -1.19.